The van der Waals surface area contributed by atoms with Crippen LogP contribution < -0.4 is 5.32 Å². The number of aromatic nitrogens is 4. The van der Waals surface area contributed by atoms with Crippen molar-refractivity contribution in [1.29, 1.82) is 0 Å². The molecule has 0 amide bonds. The second-order valence-electron chi connectivity index (χ2n) is 7.54. The number of hydrogen-bond acceptors (Lipinski definition) is 8. The summed E-state index contributed by atoms with van der Waals surface area (Å²) in [7, 11) is 1.25. The van der Waals surface area contributed by atoms with Gasteiger partial charge in [0.1, 0.15) is 5.60 Å². The van der Waals surface area contributed by atoms with E-state index in [1.165, 1.54) is 13.3 Å². The minimum atomic E-state index is -0.670. The standard InChI is InChI=1S/C18H22ClN5O4/c1-9-11(8-24(23-9)17(26)28-18(2,3)4)20-15-13(16(25)27-5)21-14(19)12(22-15)10-6-7-10/h8,10H,6-7H2,1-5H3,(H,20,22). The van der Waals surface area contributed by atoms with Crippen molar-refractivity contribution in [3.63, 3.8) is 0 Å². The molecule has 10 heteroatoms. The number of nitrogens with zero attached hydrogens (tertiary/aromatic N) is 4. The Morgan fingerprint density at radius 1 is 1.29 bits per heavy atom. The van der Waals surface area contributed by atoms with Crippen molar-refractivity contribution in [2.75, 3.05) is 12.4 Å². The Labute approximate surface area is 167 Å². The van der Waals surface area contributed by atoms with Crippen LogP contribution in [0.2, 0.25) is 5.15 Å². The number of carbonyl (C=O) groups excluding carboxylic acids is 2. The van der Waals surface area contributed by atoms with Gasteiger partial charge < -0.3 is 14.8 Å². The zero-order valence-corrected chi connectivity index (χ0v) is 17.1. The van der Waals surface area contributed by atoms with E-state index >= 15 is 0 Å². The van der Waals surface area contributed by atoms with Crippen molar-refractivity contribution in [2.24, 2.45) is 0 Å². The normalized spacial score (nSPS) is 13.9. The van der Waals surface area contributed by atoms with Crippen LogP contribution >= 0.6 is 11.6 Å². The monoisotopic (exact) mass is 407 g/mol. The Hall–Kier alpha value is -2.68. The van der Waals surface area contributed by atoms with Gasteiger partial charge in [0.15, 0.2) is 16.7 Å². The molecule has 2 heterocycles. The molecule has 0 aromatic carbocycles. The number of halogens is 1. The maximum absolute atomic E-state index is 12.2. The van der Waals surface area contributed by atoms with Gasteiger partial charge in [0.25, 0.3) is 0 Å². The Bertz CT molecular complexity index is 931. The number of carbonyl (C=O) groups is 2. The molecule has 0 bridgehead atoms. The predicted molar refractivity (Wildman–Crippen MR) is 102 cm³/mol. The number of nitrogens with one attached hydrogen (secondary N) is 1. The molecular weight excluding hydrogens is 386 g/mol. The molecule has 1 saturated carbocycles. The van der Waals surface area contributed by atoms with Crippen LogP contribution in [0.3, 0.4) is 0 Å². The van der Waals surface area contributed by atoms with Crippen molar-refractivity contribution in [3.05, 3.63) is 28.4 Å². The van der Waals surface area contributed by atoms with E-state index in [1.807, 2.05) is 0 Å². The molecule has 1 fully saturated rings. The lowest BCUT2D eigenvalue weighted by Crippen LogP contribution is -2.27. The van der Waals surface area contributed by atoms with E-state index in [-0.39, 0.29) is 22.6 Å². The number of hydrogen-bond donors (Lipinski definition) is 1. The van der Waals surface area contributed by atoms with Crippen LogP contribution in [-0.4, -0.2) is 44.5 Å². The van der Waals surface area contributed by atoms with E-state index in [1.54, 1.807) is 27.7 Å². The lowest BCUT2D eigenvalue weighted by Gasteiger charge is -2.18. The van der Waals surface area contributed by atoms with Crippen molar-refractivity contribution in [2.45, 2.75) is 52.1 Å². The smallest absolute Gasteiger partial charge is 0.435 e. The van der Waals surface area contributed by atoms with Crippen LogP contribution in [0.4, 0.5) is 16.3 Å². The van der Waals surface area contributed by atoms with E-state index in [4.69, 9.17) is 21.1 Å². The van der Waals surface area contributed by atoms with Gasteiger partial charge in [0, 0.05) is 5.92 Å². The summed E-state index contributed by atoms with van der Waals surface area (Å²) in [5, 5.41) is 7.37. The summed E-state index contributed by atoms with van der Waals surface area (Å²) in [6.07, 6.45) is 2.80. The highest BCUT2D eigenvalue weighted by Crippen LogP contribution is 2.42. The summed E-state index contributed by atoms with van der Waals surface area (Å²) in [4.78, 5) is 33.0. The SMILES string of the molecule is COC(=O)c1nc(Cl)c(C2CC2)nc1Nc1cn(C(=O)OC(C)(C)C)nc1C. The predicted octanol–water partition coefficient (Wildman–Crippen LogP) is 3.83. The maximum atomic E-state index is 12.2. The van der Waals surface area contributed by atoms with Gasteiger partial charge in [-0.3, -0.25) is 0 Å². The molecule has 28 heavy (non-hydrogen) atoms. The van der Waals surface area contributed by atoms with Gasteiger partial charge in [-0.15, -0.1) is 0 Å². The lowest BCUT2D eigenvalue weighted by molar-refractivity contribution is 0.0513. The third-order valence-corrected chi connectivity index (χ3v) is 4.23. The first-order valence-corrected chi connectivity index (χ1v) is 9.19. The van der Waals surface area contributed by atoms with Crippen molar-refractivity contribution in [1.82, 2.24) is 19.7 Å². The Morgan fingerprint density at radius 2 is 1.96 bits per heavy atom. The van der Waals surface area contributed by atoms with Crippen molar-refractivity contribution in [3.8, 4) is 0 Å². The third kappa shape index (κ3) is 4.41. The molecule has 0 saturated heterocycles. The molecule has 2 aromatic heterocycles. The Balaban J connectivity index is 1.94. The molecule has 1 aliphatic rings. The van der Waals surface area contributed by atoms with Crippen molar-refractivity contribution >= 4 is 35.2 Å². The first-order chi connectivity index (χ1) is 13.1. The van der Waals surface area contributed by atoms with Gasteiger partial charge in [-0.25, -0.2) is 19.6 Å². The second-order valence-corrected chi connectivity index (χ2v) is 7.90. The molecule has 0 unspecified atom stereocenters. The second kappa shape index (κ2) is 7.38. The van der Waals surface area contributed by atoms with Crippen LogP contribution in [0, 0.1) is 6.92 Å². The van der Waals surface area contributed by atoms with E-state index in [2.05, 4.69) is 20.4 Å². The largest absolute Gasteiger partial charge is 0.464 e. The molecule has 9 nitrogen and oxygen atoms in total. The highest BCUT2D eigenvalue weighted by atomic mass is 35.5. The highest BCUT2D eigenvalue weighted by molar-refractivity contribution is 6.30. The van der Waals surface area contributed by atoms with Gasteiger partial charge in [0.2, 0.25) is 0 Å². The average Bonchev–Trinajstić information content (AvgIpc) is 3.37. The number of anilines is 2. The number of rotatable bonds is 4. The fourth-order valence-corrected chi connectivity index (χ4v) is 2.76. The summed E-state index contributed by atoms with van der Waals surface area (Å²) >= 11 is 6.19. The number of ether oxygens (including phenoxy) is 2. The maximum Gasteiger partial charge on any atom is 0.435 e. The molecule has 3 rings (SSSR count). The summed E-state index contributed by atoms with van der Waals surface area (Å²) < 4.78 is 11.2. The fourth-order valence-electron chi connectivity index (χ4n) is 2.48. The number of methoxy groups -OCH3 is 1. The van der Waals surface area contributed by atoms with Crippen molar-refractivity contribution < 1.29 is 19.1 Å². The molecule has 0 aliphatic heterocycles. The number of aryl methyl sites for hydroxylation is 1. The lowest BCUT2D eigenvalue weighted by atomic mass is 10.2. The minimum Gasteiger partial charge on any atom is -0.464 e. The Kier molecular flexibility index (Phi) is 5.29. The zero-order valence-electron chi connectivity index (χ0n) is 16.4. The molecular formula is C18H22ClN5O4. The Morgan fingerprint density at radius 3 is 2.54 bits per heavy atom. The van der Waals surface area contributed by atoms with Crippen LogP contribution in [0.15, 0.2) is 6.20 Å². The molecule has 0 atom stereocenters. The molecule has 1 N–H and O–H groups in total. The summed E-state index contributed by atoms with van der Waals surface area (Å²) in [5.41, 5.74) is 0.944. The third-order valence-electron chi connectivity index (χ3n) is 3.95. The van der Waals surface area contributed by atoms with Gasteiger partial charge in [-0.1, -0.05) is 11.6 Å². The van der Waals surface area contributed by atoms with E-state index in [9.17, 15) is 9.59 Å². The van der Waals surface area contributed by atoms with Gasteiger partial charge >= 0.3 is 12.1 Å². The van der Waals surface area contributed by atoms with Gasteiger partial charge in [-0.2, -0.15) is 9.78 Å². The van der Waals surface area contributed by atoms with E-state index < -0.39 is 17.7 Å². The molecule has 150 valence electrons. The average molecular weight is 408 g/mol. The summed E-state index contributed by atoms with van der Waals surface area (Å²) in [6, 6.07) is 0. The topological polar surface area (TPSA) is 108 Å². The zero-order chi connectivity index (χ0) is 20.6. The first-order valence-electron chi connectivity index (χ1n) is 8.81. The fraction of sp³-hybridized carbons (Fsp3) is 0.500. The quantitative estimate of drug-likeness (QED) is 0.761. The van der Waals surface area contributed by atoms with Gasteiger partial charge in [-0.05, 0) is 40.5 Å². The minimum absolute atomic E-state index is 0.0404. The van der Waals surface area contributed by atoms with Gasteiger partial charge in [0.05, 0.1) is 30.4 Å². The van der Waals surface area contributed by atoms with Crippen LogP contribution in [0.25, 0.3) is 0 Å². The number of esters is 1. The highest BCUT2D eigenvalue weighted by Gasteiger charge is 2.31. The van der Waals surface area contributed by atoms with Crippen LogP contribution in [0.5, 0.6) is 0 Å². The first kappa shape index (κ1) is 20.1. The molecule has 1 aliphatic carbocycles. The summed E-state index contributed by atoms with van der Waals surface area (Å²) in [5.74, 6) is -0.237. The molecule has 0 spiro atoms. The van der Waals surface area contributed by atoms with E-state index in [0.29, 0.717) is 17.1 Å². The van der Waals surface area contributed by atoms with E-state index in [0.717, 1.165) is 17.5 Å². The summed E-state index contributed by atoms with van der Waals surface area (Å²) in [6.45, 7) is 7.02. The molecule has 2 aromatic rings. The molecule has 0 radical (unpaired) electrons. The van der Waals surface area contributed by atoms with Crippen LogP contribution in [-0.2, 0) is 9.47 Å². The van der Waals surface area contributed by atoms with Crippen LogP contribution in [0.1, 0.15) is 61.4 Å².